The third kappa shape index (κ3) is 4.47. The quantitative estimate of drug-likeness (QED) is 0.836. The van der Waals surface area contributed by atoms with Crippen molar-refractivity contribution in [2.45, 2.75) is 57.2 Å². The average Bonchev–Trinajstić information content (AvgIpc) is 3.15. The van der Waals surface area contributed by atoms with E-state index in [0.29, 0.717) is 24.1 Å². The zero-order chi connectivity index (χ0) is 16.3. The van der Waals surface area contributed by atoms with Crippen LogP contribution in [0.5, 0.6) is 0 Å². The van der Waals surface area contributed by atoms with E-state index in [0.717, 1.165) is 18.6 Å². The van der Waals surface area contributed by atoms with Crippen LogP contribution in [0.25, 0.3) is 0 Å². The van der Waals surface area contributed by atoms with E-state index in [2.05, 4.69) is 5.32 Å². The van der Waals surface area contributed by atoms with Gasteiger partial charge in [0.05, 0.1) is 24.3 Å². The first-order chi connectivity index (χ1) is 11.0. The number of hydrogen-bond acceptors (Lipinski definition) is 4. The number of nitrogens with one attached hydrogen (secondary N) is 1. The van der Waals surface area contributed by atoms with Crippen molar-refractivity contribution in [3.8, 4) is 0 Å². The smallest absolute Gasteiger partial charge is 0.169 e. The Morgan fingerprint density at radius 3 is 2.70 bits per heavy atom. The minimum absolute atomic E-state index is 0.0614. The number of hydrogen-bond donors (Lipinski definition) is 1. The maximum absolute atomic E-state index is 11.8. The molecule has 0 spiro atoms. The Kier molecular flexibility index (Phi) is 5.26. The first kappa shape index (κ1) is 16.8. The van der Waals surface area contributed by atoms with Gasteiger partial charge in [0.25, 0.3) is 0 Å². The number of nitrogens with zero attached hydrogens (tertiary/aromatic N) is 1. The number of rotatable bonds is 4. The van der Waals surface area contributed by atoms with Gasteiger partial charge in [0.2, 0.25) is 0 Å². The average molecular weight is 357 g/mol. The zero-order valence-corrected chi connectivity index (χ0v) is 14.9. The maximum atomic E-state index is 11.8. The van der Waals surface area contributed by atoms with Gasteiger partial charge in [-0.2, -0.15) is 0 Å². The van der Waals surface area contributed by atoms with Gasteiger partial charge in [-0.05, 0) is 43.6 Å². The summed E-state index contributed by atoms with van der Waals surface area (Å²) in [5.74, 6) is 1.24. The van der Waals surface area contributed by atoms with Crippen LogP contribution < -0.4 is 5.32 Å². The van der Waals surface area contributed by atoms with Gasteiger partial charge in [-0.15, -0.1) is 0 Å². The topological polar surface area (TPSA) is 62.6 Å². The Morgan fingerprint density at radius 1 is 1.30 bits per heavy atom. The summed E-state index contributed by atoms with van der Waals surface area (Å²) in [5, 5.41) is 4.12. The Labute approximate surface area is 143 Å². The van der Waals surface area contributed by atoms with Crippen molar-refractivity contribution in [1.82, 2.24) is 10.2 Å². The molecule has 0 amide bonds. The Bertz CT molecular complexity index is 622. The zero-order valence-electron chi connectivity index (χ0n) is 13.2. The number of sulfone groups is 1. The molecule has 128 valence electrons. The first-order valence-electron chi connectivity index (χ1n) is 8.33. The third-order valence-corrected chi connectivity index (χ3v) is 6.85. The van der Waals surface area contributed by atoms with Gasteiger partial charge < -0.3 is 14.6 Å². The monoisotopic (exact) mass is 356 g/mol. The second-order valence-electron chi connectivity index (χ2n) is 6.55. The minimum Gasteiger partial charge on any atom is -0.467 e. The lowest BCUT2D eigenvalue weighted by Gasteiger charge is -2.33. The SMILES string of the molecule is O=S1(=O)CC[C@H](N(Cc2ccco2)C(=S)NC2CCCCC2)C1. The molecule has 5 nitrogen and oxygen atoms in total. The van der Waals surface area contributed by atoms with E-state index in [1.165, 1.54) is 19.3 Å². The lowest BCUT2D eigenvalue weighted by Crippen LogP contribution is -2.49. The summed E-state index contributed by atoms with van der Waals surface area (Å²) in [6.07, 6.45) is 8.30. The fourth-order valence-corrected chi connectivity index (χ4v) is 5.57. The van der Waals surface area contributed by atoms with Gasteiger partial charge in [0.1, 0.15) is 5.76 Å². The molecule has 3 rings (SSSR count). The summed E-state index contributed by atoms with van der Waals surface area (Å²) < 4.78 is 29.1. The molecule has 0 radical (unpaired) electrons. The van der Waals surface area contributed by atoms with E-state index in [1.807, 2.05) is 17.0 Å². The number of furan rings is 1. The molecule has 2 fully saturated rings. The molecule has 1 saturated carbocycles. The number of thiocarbonyl (C=S) groups is 1. The maximum Gasteiger partial charge on any atom is 0.169 e. The summed E-state index contributed by atoms with van der Waals surface area (Å²) in [5.41, 5.74) is 0. The van der Waals surface area contributed by atoms with Gasteiger partial charge in [-0.3, -0.25) is 0 Å². The lowest BCUT2D eigenvalue weighted by atomic mass is 9.96. The lowest BCUT2D eigenvalue weighted by molar-refractivity contribution is 0.286. The van der Waals surface area contributed by atoms with Gasteiger partial charge in [-0.1, -0.05) is 19.3 Å². The van der Waals surface area contributed by atoms with E-state index in [-0.39, 0.29) is 17.5 Å². The van der Waals surface area contributed by atoms with Gasteiger partial charge in [0, 0.05) is 12.1 Å². The normalized spacial score (nSPS) is 24.4. The molecule has 1 aromatic rings. The minimum atomic E-state index is -2.95. The molecule has 1 saturated heterocycles. The molecule has 1 aliphatic carbocycles. The summed E-state index contributed by atoms with van der Waals surface area (Å²) in [4.78, 5) is 2.01. The fourth-order valence-electron chi connectivity index (χ4n) is 3.46. The first-order valence-corrected chi connectivity index (χ1v) is 10.6. The molecule has 1 atom stereocenters. The van der Waals surface area contributed by atoms with Crippen LogP contribution in [0.3, 0.4) is 0 Å². The molecule has 1 aliphatic heterocycles. The van der Waals surface area contributed by atoms with Crippen LogP contribution >= 0.6 is 12.2 Å². The largest absolute Gasteiger partial charge is 0.467 e. The van der Waals surface area contributed by atoms with Crippen LogP contribution in [0.2, 0.25) is 0 Å². The third-order valence-electron chi connectivity index (χ3n) is 4.75. The van der Waals surface area contributed by atoms with Crippen molar-refractivity contribution in [1.29, 1.82) is 0 Å². The highest BCUT2D eigenvalue weighted by Crippen LogP contribution is 2.22. The van der Waals surface area contributed by atoms with Crippen molar-refractivity contribution in [3.63, 3.8) is 0 Å². The standard InChI is InChI=1S/C16H24N2O3S2/c19-23(20)10-8-14(12-23)18(11-15-7-4-9-21-15)16(22)17-13-5-2-1-3-6-13/h4,7,9,13-14H,1-3,5-6,8,10-12H2,(H,17,22)/t14-/m0/s1. The summed E-state index contributed by atoms with van der Waals surface area (Å²) in [6, 6.07) is 4.10. The van der Waals surface area contributed by atoms with Crippen molar-refractivity contribution in [2.75, 3.05) is 11.5 Å². The van der Waals surface area contributed by atoms with Gasteiger partial charge >= 0.3 is 0 Å². The van der Waals surface area contributed by atoms with E-state index in [9.17, 15) is 8.42 Å². The van der Waals surface area contributed by atoms with Gasteiger partial charge in [-0.25, -0.2) is 8.42 Å². The Hall–Kier alpha value is -1.08. The molecule has 7 heteroatoms. The van der Waals surface area contributed by atoms with Crippen LogP contribution in [0.1, 0.15) is 44.3 Å². The van der Waals surface area contributed by atoms with Crippen molar-refractivity contribution in [2.24, 2.45) is 0 Å². The van der Waals surface area contributed by atoms with Crippen molar-refractivity contribution >= 4 is 27.2 Å². The Balaban J connectivity index is 1.70. The van der Waals surface area contributed by atoms with Crippen LogP contribution in [-0.2, 0) is 16.4 Å². The van der Waals surface area contributed by atoms with E-state index >= 15 is 0 Å². The predicted octanol–water partition coefficient (Wildman–Crippen LogP) is 2.48. The van der Waals surface area contributed by atoms with Crippen LogP contribution in [0.4, 0.5) is 0 Å². The van der Waals surface area contributed by atoms with E-state index in [1.54, 1.807) is 6.26 Å². The molecular formula is C16H24N2O3S2. The molecule has 1 N–H and O–H groups in total. The van der Waals surface area contributed by atoms with Crippen LogP contribution in [0, 0.1) is 0 Å². The second kappa shape index (κ2) is 7.21. The van der Waals surface area contributed by atoms with E-state index < -0.39 is 9.84 Å². The molecular weight excluding hydrogens is 332 g/mol. The highest BCUT2D eigenvalue weighted by Gasteiger charge is 2.34. The molecule has 2 heterocycles. The highest BCUT2D eigenvalue weighted by atomic mass is 32.2. The second-order valence-corrected chi connectivity index (χ2v) is 9.16. The predicted molar refractivity (Wildman–Crippen MR) is 93.9 cm³/mol. The molecule has 0 unspecified atom stereocenters. The van der Waals surface area contributed by atoms with Crippen LogP contribution in [0.15, 0.2) is 22.8 Å². The molecule has 1 aromatic heterocycles. The Morgan fingerprint density at radius 2 is 2.09 bits per heavy atom. The fraction of sp³-hybridized carbons (Fsp3) is 0.688. The summed E-state index contributed by atoms with van der Waals surface area (Å²) in [6.45, 7) is 0.520. The van der Waals surface area contributed by atoms with Crippen LogP contribution in [-0.4, -0.2) is 42.0 Å². The molecule has 0 bridgehead atoms. The molecule has 0 aromatic carbocycles. The van der Waals surface area contributed by atoms with Crippen molar-refractivity contribution < 1.29 is 12.8 Å². The van der Waals surface area contributed by atoms with E-state index in [4.69, 9.17) is 16.6 Å². The summed E-state index contributed by atoms with van der Waals surface area (Å²) >= 11 is 5.62. The highest BCUT2D eigenvalue weighted by molar-refractivity contribution is 7.91. The van der Waals surface area contributed by atoms with Gasteiger partial charge in [0.15, 0.2) is 14.9 Å². The summed E-state index contributed by atoms with van der Waals surface area (Å²) in [7, 11) is -2.95. The molecule has 2 aliphatic rings. The van der Waals surface area contributed by atoms with Crippen molar-refractivity contribution in [3.05, 3.63) is 24.2 Å². The molecule has 23 heavy (non-hydrogen) atoms.